The number of hydrogen-bond donors (Lipinski definition) is 3. The Morgan fingerprint density at radius 2 is 2.10 bits per heavy atom. The van der Waals surface area contributed by atoms with Crippen LogP contribution in [0.2, 0.25) is 0 Å². The molecule has 0 spiro atoms. The van der Waals surface area contributed by atoms with Gasteiger partial charge in [-0.2, -0.15) is 0 Å². The molecule has 2 aliphatic rings. The fourth-order valence-electron chi connectivity index (χ4n) is 2.84. The van der Waals surface area contributed by atoms with E-state index in [1.54, 1.807) is 0 Å². The first kappa shape index (κ1) is 16.2. The lowest BCUT2D eigenvalue weighted by Gasteiger charge is -2.37. The van der Waals surface area contributed by atoms with Crippen LogP contribution in [0.1, 0.15) is 32.1 Å². The summed E-state index contributed by atoms with van der Waals surface area (Å²) in [7, 11) is 0. The van der Waals surface area contributed by atoms with Gasteiger partial charge < -0.3 is 25.2 Å². The van der Waals surface area contributed by atoms with Crippen LogP contribution in [-0.2, 0) is 14.3 Å². The number of carbonyl (C=O) groups excluding carboxylic acids is 2. The molecule has 2 heterocycles. The van der Waals surface area contributed by atoms with E-state index in [9.17, 15) is 19.8 Å². The van der Waals surface area contributed by atoms with Crippen molar-refractivity contribution in [3.63, 3.8) is 0 Å². The number of carbonyl (C=O) groups is 2. The van der Waals surface area contributed by atoms with E-state index in [-0.39, 0.29) is 25.0 Å². The molecule has 0 aliphatic carbocycles. The van der Waals surface area contributed by atoms with Gasteiger partial charge in [-0.3, -0.25) is 9.59 Å². The first-order valence-corrected chi connectivity index (χ1v) is 7.53. The first-order chi connectivity index (χ1) is 10.1. The standard InChI is InChI=1S/C14H24N2O5/c17-10-14(4-7-21-8-5-14)15-12(19)9-16-6-2-1-3-11(18)13(16)20/h11,17-18H,1-10H2,(H,15,19). The minimum Gasteiger partial charge on any atom is -0.394 e. The lowest BCUT2D eigenvalue weighted by atomic mass is 9.91. The van der Waals surface area contributed by atoms with Crippen LogP contribution >= 0.6 is 0 Å². The van der Waals surface area contributed by atoms with Crippen LogP contribution in [0.15, 0.2) is 0 Å². The van der Waals surface area contributed by atoms with Gasteiger partial charge >= 0.3 is 0 Å². The summed E-state index contributed by atoms with van der Waals surface area (Å²) in [6.45, 7) is 1.28. The third kappa shape index (κ3) is 4.15. The van der Waals surface area contributed by atoms with Crippen molar-refractivity contribution in [3.8, 4) is 0 Å². The zero-order valence-corrected chi connectivity index (χ0v) is 12.2. The van der Waals surface area contributed by atoms with Crippen LogP contribution < -0.4 is 5.32 Å². The van der Waals surface area contributed by atoms with Gasteiger partial charge in [0.15, 0.2) is 0 Å². The second kappa shape index (κ2) is 7.20. The Morgan fingerprint density at radius 3 is 2.76 bits per heavy atom. The minimum atomic E-state index is -1.00. The van der Waals surface area contributed by atoms with E-state index in [4.69, 9.17) is 4.74 Å². The van der Waals surface area contributed by atoms with Gasteiger partial charge in [0.1, 0.15) is 6.10 Å². The van der Waals surface area contributed by atoms with Crippen LogP contribution in [0.25, 0.3) is 0 Å². The number of amides is 2. The summed E-state index contributed by atoms with van der Waals surface area (Å²) in [5.74, 6) is -0.680. The summed E-state index contributed by atoms with van der Waals surface area (Å²) < 4.78 is 5.25. The van der Waals surface area contributed by atoms with Crippen molar-refractivity contribution in [2.75, 3.05) is 32.9 Å². The lowest BCUT2D eigenvalue weighted by molar-refractivity contribution is -0.143. The van der Waals surface area contributed by atoms with Gasteiger partial charge in [-0.05, 0) is 32.1 Å². The molecule has 0 radical (unpaired) electrons. The molecular formula is C14H24N2O5. The van der Waals surface area contributed by atoms with Crippen LogP contribution in [0, 0.1) is 0 Å². The van der Waals surface area contributed by atoms with Gasteiger partial charge in [0.25, 0.3) is 5.91 Å². The van der Waals surface area contributed by atoms with Gasteiger partial charge in [-0.15, -0.1) is 0 Å². The average molecular weight is 300 g/mol. The van der Waals surface area contributed by atoms with Crippen molar-refractivity contribution in [2.24, 2.45) is 0 Å². The summed E-state index contributed by atoms with van der Waals surface area (Å²) in [6, 6.07) is 0. The second-order valence-corrected chi connectivity index (χ2v) is 5.87. The van der Waals surface area contributed by atoms with Crippen LogP contribution in [0.3, 0.4) is 0 Å². The van der Waals surface area contributed by atoms with Gasteiger partial charge in [-0.25, -0.2) is 0 Å². The molecule has 2 amide bonds. The molecule has 0 saturated carbocycles. The molecule has 120 valence electrons. The smallest absolute Gasteiger partial charge is 0.251 e. The zero-order chi connectivity index (χ0) is 15.3. The number of aliphatic hydroxyl groups excluding tert-OH is 2. The van der Waals surface area contributed by atoms with Crippen molar-refractivity contribution in [1.82, 2.24) is 10.2 Å². The molecule has 1 atom stereocenters. The monoisotopic (exact) mass is 300 g/mol. The highest BCUT2D eigenvalue weighted by Gasteiger charge is 2.34. The third-order valence-electron chi connectivity index (χ3n) is 4.24. The maximum atomic E-state index is 12.2. The zero-order valence-electron chi connectivity index (χ0n) is 12.2. The normalized spacial score (nSPS) is 26.3. The Balaban J connectivity index is 1.92. The number of likely N-dealkylation sites (tertiary alicyclic amines) is 1. The highest BCUT2D eigenvalue weighted by molar-refractivity contribution is 5.87. The predicted molar refractivity (Wildman–Crippen MR) is 74.5 cm³/mol. The molecule has 2 rings (SSSR count). The van der Waals surface area contributed by atoms with Gasteiger partial charge in [0.05, 0.1) is 18.7 Å². The van der Waals surface area contributed by atoms with E-state index < -0.39 is 11.6 Å². The van der Waals surface area contributed by atoms with Crippen molar-refractivity contribution in [2.45, 2.75) is 43.7 Å². The van der Waals surface area contributed by atoms with Crippen LogP contribution in [0.5, 0.6) is 0 Å². The van der Waals surface area contributed by atoms with Crippen LogP contribution in [-0.4, -0.2) is 71.5 Å². The average Bonchev–Trinajstić information content (AvgIpc) is 2.64. The maximum Gasteiger partial charge on any atom is 0.251 e. The molecule has 0 aromatic heterocycles. The van der Waals surface area contributed by atoms with Gasteiger partial charge in [0, 0.05) is 19.8 Å². The predicted octanol–water partition coefficient (Wildman–Crippen LogP) is -0.982. The van der Waals surface area contributed by atoms with Gasteiger partial charge in [0.2, 0.25) is 5.91 Å². The number of aliphatic hydroxyl groups is 2. The molecular weight excluding hydrogens is 276 g/mol. The molecule has 2 saturated heterocycles. The number of rotatable bonds is 4. The molecule has 0 aromatic rings. The molecule has 2 aliphatic heterocycles. The van der Waals surface area contributed by atoms with E-state index in [0.717, 1.165) is 12.8 Å². The number of nitrogens with one attached hydrogen (secondary N) is 1. The molecule has 2 fully saturated rings. The Labute approximate surface area is 124 Å². The Bertz CT molecular complexity index is 382. The Hall–Kier alpha value is -1.18. The topological polar surface area (TPSA) is 99.1 Å². The van der Waals surface area contributed by atoms with Gasteiger partial charge in [-0.1, -0.05) is 0 Å². The third-order valence-corrected chi connectivity index (χ3v) is 4.24. The highest BCUT2D eigenvalue weighted by atomic mass is 16.5. The summed E-state index contributed by atoms with van der Waals surface area (Å²) in [6.07, 6.45) is 2.14. The SMILES string of the molecule is O=C(CN1CCCCC(O)C1=O)NC1(CO)CCOCC1. The molecule has 1 unspecified atom stereocenters. The minimum absolute atomic E-state index is 0.0709. The first-order valence-electron chi connectivity index (χ1n) is 7.53. The molecule has 7 heteroatoms. The van der Waals surface area contributed by atoms with Crippen LogP contribution in [0.4, 0.5) is 0 Å². The Kier molecular flexibility index (Phi) is 5.55. The highest BCUT2D eigenvalue weighted by Crippen LogP contribution is 2.20. The lowest BCUT2D eigenvalue weighted by Crippen LogP contribution is -2.57. The van der Waals surface area contributed by atoms with Crippen molar-refractivity contribution in [3.05, 3.63) is 0 Å². The Morgan fingerprint density at radius 1 is 1.38 bits per heavy atom. The van der Waals surface area contributed by atoms with E-state index in [0.29, 0.717) is 39.0 Å². The number of ether oxygens (including phenoxy) is 1. The van der Waals surface area contributed by atoms with E-state index >= 15 is 0 Å². The number of hydrogen-bond acceptors (Lipinski definition) is 5. The summed E-state index contributed by atoms with van der Waals surface area (Å²) in [4.78, 5) is 25.5. The molecule has 21 heavy (non-hydrogen) atoms. The molecule has 3 N–H and O–H groups in total. The molecule has 7 nitrogen and oxygen atoms in total. The van der Waals surface area contributed by atoms with Crippen molar-refractivity contribution < 1.29 is 24.5 Å². The summed E-state index contributed by atoms with van der Waals surface area (Å²) in [5.41, 5.74) is -0.650. The van der Waals surface area contributed by atoms with E-state index in [2.05, 4.69) is 5.32 Å². The summed E-state index contributed by atoms with van der Waals surface area (Å²) >= 11 is 0. The summed E-state index contributed by atoms with van der Waals surface area (Å²) in [5, 5.41) is 22.1. The number of nitrogens with zero attached hydrogens (tertiary/aromatic N) is 1. The molecule has 0 aromatic carbocycles. The van der Waals surface area contributed by atoms with Crippen molar-refractivity contribution in [1.29, 1.82) is 0 Å². The van der Waals surface area contributed by atoms with E-state index in [1.165, 1.54) is 4.90 Å². The fraction of sp³-hybridized carbons (Fsp3) is 0.857. The van der Waals surface area contributed by atoms with Crippen molar-refractivity contribution >= 4 is 11.8 Å². The molecule has 0 bridgehead atoms. The second-order valence-electron chi connectivity index (χ2n) is 5.87. The maximum absolute atomic E-state index is 12.2. The van der Waals surface area contributed by atoms with E-state index in [1.807, 2.05) is 0 Å². The fourth-order valence-corrected chi connectivity index (χ4v) is 2.84. The quantitative estimate of drug-likeness (QED) is 0.619. The largest absolute Gasteiger partial charge is 0.394 e.